The Hall–Kier alpha value is -1.77. The van der Waals surface area contributed by atoms with Gasteiger partial charge in [-0.1, -0.05) is 6.07 Å². The number of H-pyrrole nitrogens is 1. The van der Waals surface area contributed by atoms with Gasteiger partial charge in [-0.2, -0.15) is 0 Å². The number of rotatable bonds is 1. The van der Waals surface area contributed by atoms with Gasteiger partial charge < -0.3 is 9.88 Å². The van der Waals surface area contributed by atoms with Crippen LogP contribution < -0.4 is 0 Å². The number of aromatic amines is 1. The summed E-state index contributed by atoms with van der Waals surface area (Å²) < 4.78 is 0. The van der Waals surface area contributed by atoms with Gasteiger partial charge in [0.05, 0.1) is 0 Å². The van der Waals surface area contributed by atoms with Crippen LogP contribution in [0.25, 0.3) is 10.9 Å². The Bertz CT molecular complexity index is 656. The summed E-state index contributed by atoms with van der Waals surface area (Å²) in [4.78, 5) is 18.0. The Morgan fingerprint density at radius 1 is 1.25 bits per heavy atom. The summed E-state index contributed by atoms with van der Waals surface area (Å²) in [5, 5.41) is 1.16. The lowest BCUT2D eigenvalue weighted by molar-refractivity contribution is 0.0630. The summed E-state index contributed by atoms with van der Waals surface area (Å²) in [5.74, 6) is 0.144. The molecule has 2 aromatic rings. The van der Waals surface area contributed by atoms with Crippen molar-refractivity contribution in [2.45, 2.75) is 46.1 Å². The number of aryl methyl sites for hydroxylation is 2. The average Bonchev–Trinajstić information content (AvgIpc) is 2.82. The first-order valence-electron chi connectivity index (χ1n) is 7.47. The fourth-order valence-corrected chi connectivity index (χ4v) is 3.27. The zero-order valence-electron chi connectivity index (χ0n) is 12.5. The predicted molar refractivity (Wildman–Crippen MR) is 82.1 cm³/mol. The third kappa shape index (κ3) is 2.21. The van der Waals surface area contributed by atoms with Crippen molar-refractivity contribution < 1.29 is 4.79 Å². The molecule has 0 radical (unpaired) electrons. The Labute approximate surface area is 120 Å². The van der Waals surface area contributed by atoms with E-state index < -0.39 is 0 Å². The first-order chi connectivity index (χ1) is 9.56. The van der Waals surface area contributed by atoms with Crippen molar-refractivity contribution >= 4 is 16.8 Å². The van der Waals surface area contributed by atoms with Crippen LogP contribution >= 0.6 is 0 Å². The molecule has 0 bridgehead atoms. The molecular weight excluding hydrogens is 248 g/mol. The number of hydrogen-bond donors (Lipinski definition) is 1. The number of aromatic nitrogens is 1. The Kier molecular flexibility index (Phi) is 3.28. The number of hydrogen-bond acceptors (Lipinski definition) is 1. The lowest BCUT2D eigenvalue weighted by Gasteiger charge is -2.33. The normalized spacial score (nSPS) is 19.6. The predicted octanol–water partition coefficient (Wildman–Crippen LogP) is 3.80. The number of amides is 1. The van der Waals surface area contributed by atoms with Gasteiger partial charge in [-0.3, -0.25) is 4.79 Å². The summed E-state index contributed by atoms with van der Waals surface area (Å²) in [6.07, 6.45) is 3.47. The number of fused-ring (bicyclic) bond motifs is 1. The molecule has 1 aliphatic heterocycles. The molecule has 0 spiro atoms. The van der Waals surface area contributed by atoms with E-state index in [1.54, 1.807) is 0 Å². The van der Waals surface area contributed by atoms with Crippen LogP contribution in [0.1, 0.15) is 47.8 Å². The van der Waals surface area contributed by atoms with Crippen LogP contribution in [0, 0.1) is 13.8 Å². The van der Waals surface area contributed by atoms with E-state index in [9.17, 15) is 4.79 Å². The van der Waals surface area contributed by atoms with Gasteiger partial charge in [-0.05, 0) is 63.3 Å². The maximum Gasteiger partial charge on any atom is 0.270 e. The molecular formula is C17H22N2O. The van der Waals surface area contributed by atoms with Gasteiger partial charge in [0, 0.05) is 23.5 Å². The second kappa shape index (κ2) is 4.97. The molecule has 1 saturated heterocycles. The number of nitrogens with one attached hydrogen (secondary N) is 1. The molecule has 1 unspecified atom stereocenters. The van der Waals surface area contributed by atoms with Crippen LogP contribution in [0.5, 0.6) is 0 Å². The van der Waals surface area contributed by atoms with E-state index in [1.165, 1.54) is 17.5 Å². The molecule has 0 saturated carbocycles. The Balaban J connectivity index is 1.97. The van der Waals surface area contributed by atoms with Crippen LogP contribution in [0.15, 0.2) is 18.2 Å². The molecule has 1 aromatic carbocycles. The lowest BCUT2D eigenvalue weighted by Crippen LogP contribution is -2.42. The Morgan fingerprint density at radius 3 is 2.80 bits per heavy atom. The minimum absolute atomic E-state index is 0.144. The maximum absolute atomic E-state index is 12.7. The van der Waals surface area contributed by atoms with Gasteiger partial charge in [0.1, 0.15) is 5.69 Å². The summed E-state index contributed by atoms with van der Waals surface area (Å²) in [6.45, 7) is 7.21. The van der Waals surface area contributed by atoms with E-state index in [0.717, 1.165) is 36.0 Å². The van der Waals surface area contributed by atoms with Crippen LogP contribution in [0.2, 0.25) is 0 Å². The second-order valence-corrected chi connectivity index (χ2v) is 6.07. The van der Waals surface area contributed by atoms with Crippen molar-refractivity contribution in [1.82, 2.24) is 9.88 Å². The highest BCUT2D eigenvalue weighted by atomic mass is 16.2. The zero-order valence-corrected chi connectivity index (χ0v) is 12.5. The van der Waals surface area contributed by atoms with Gasteiger partial charge in [-0.15, -0.1) is 0 Å². The maximum atomic E-state index is 12.7. The van der Waals surface area contributed by atoms with Crippen LogP contribution in [0.4, 0.5) is 0 Å². The highest BCUT2D eigenvalue weighted by Crippen LogP contribution is 2.24. The highest BCUT2D eigenvalue weighted by Gasteiger charge is 2.25. The standard InChI is InChI=1S/C17H22N2O/c1-11-8-12(2)14-10-16(18-15(14)9-11)17(20)19-7-5-4-6-13(19)3/h8-10,13,18H,4-7H2,1-3H3. The van der Waals surface area contributed by atoms with Gasteiger partial charge in [0.2, 0.25) is 0 Å². The molecule has 20 heavy (non-hydrogen) atoms. The molecule has 3 nitrogen and oxygen atoms in total. The topological polar surface area (TPSA) is 36.1 Å². The van der Waals surface area contributed by atoms with Crippen LogP contribution in [-0.4, -0.2) is 28.4 Å². The van der Waals surface area contributed by atoms with E-state index in [1.807, 2.05) is 11.0 Å². The van der Waals surface area contributed by atoms with E-state index in [-0.39, 0.29) is 5.91 Å². The molecule has 3 heteroatoms. The third-order valence-corrected chi connectivity index (χ3v) is 4.38. The summed E-state index contributed by atoms with van der Waals surface area (Å²) >= 11 is 0. The van der Waals surface area contributed by atoms with Crippen molar-refractivity contribution in [2.75, 3.05) is 6.54 Å². The minimum Gasteiger partial charge on any atom is -0.351 e. The van der Waals surface area contributed by atoms with E-state index >= 15 is 0 Å². The highest BCUT2D eigenvalue weighted by molar-refractivity contribution is 5.99. The van der Waals surface area contributed by atoms with E-state index in [4.69, 9.17) is 0 Å². The van der Waals surface area contributed by atoms with Crippen molar-refractivity contribution in [2.24, 2.45) is 0 Å². The zero-order chi connectivity index (χ0) is 14.3. The monoisotopic (exact) mass is 270 g/mol. The number of carbonyl (C=O) groups excluding carboxylic acids is 1. The molecule has 2 heterocycles. The lowest BCUT2D eigenvalue weighted by atomic mass is 10.0. The molecule has 1 amide bonds. The van der Waals surface area contributed by atoms with Gasteiger partial charge in [-0.25, -0.2) is 0 Å². The molecule has 1 aromatic heterocycles. The molecule has 1 atom stereocenters. The number of carbonyl (C=O) groups is 1. The largest absolute Gasteiger partial charge is 0.351 e. The summed E-state index contributed by atoms with van der Waals surface area (Å²) in [6, 6.07) is 6.63. The van der Waals surface area contributed by atoms with E-state index in [2.05, 4.69) is 37.9 Å². The fourth-order valence-electron chi connectivity index (χ4n) is 3.27. The number of likely N-dealkylation sites (tertiary alicyclic amines) is 1. The summed E-state index contributed by atoms with van der Waals surface area (Å²) in [5.41, 5.74) is 4.24. The number of nitrogens with zero attached hydrogens (tertiary/aromatic N) is 1. The molecule has 106 valence electrons. The molecule has 1 N–H and O–H groups in total. The number of piperidine rings is 1. The third-order valence-electron chi connectivity index (χ3n) is 4.38. The Morgan fingerprint density at radius 2 is 2.05 bits per heavy atom. The number of benzene rings is 1. The van der Waals surface area contributed by atoms with Crippen molar-refractivity contribution in [3.8, 4) is 0 Å². The van der Waals surface area contributed by atoms with Crippen molar-refractivity contribution in [3.63, 3.8) is 0 Å². The van der Waals surface area contributed by atoms with E-state index in [0.29, 0.717) is 6.04 Å². The fraction of sp³-hybridized carbons (Fsp3) is 0.471. The minimum atomic E-state index is 0.144. The average molecular weight is 270 g/mol. The molecule has 1 fully saturated rings. The quantitative estimate of drug-likeness (QED) is 0.840. The first-order valence-corrected chi connectivity index (χ1v) is 7.47. The molecule has 3 rings (SSSR count). The molecule has 1 aliphatic rings. The van der Waals surface area contributed by atoms with Crippen LogP contribution in [0.3, 0.4) is 0 Å². The smallest absolute Gasteiger partial charge is 0.270 e. The van der Waals surface area contributed by atoms with Crippen LogP contribution in [-0.2, 0) is 0 Å². The van der Waals surface area contributed by atoms with Gasteiger partial charge >= 0.3 is 0 Å². The first kappa shape index (κ1) is 13.2. The van der Waals surface area contributed by atoms with Crippen molar-refractivity contribution in [1.29, 1.82) is 0 Å². The SMILES string of the molecule is Cc1cc(C)c2cc(C(=O)N3CCCCC3C)[nH]c2c1. The summed E-state index contributed by atoms with van der Waals surface area (Å²) in [7, 11) is 0. The second-order valence-electron chi connectivity index (χ2n) is 6.07. The van der Waals surface area contributed by atoms with Gasteiger partial charge in [0.25, 0.3) is 5.91 Å². The van der Waals surface area contributed by atoms with Crippen molar-refractivity contribution in [3.05, 3.63) is 35.0 Å². The van der Waals surface area contributed by atoms with Gasteiger partial charge in [0.15, 0.2) is 0 Å². The molecule has 0 aliphatic carbocycles.